The second-order valence-electron chi connectivity index (χ2n) is 6.42. The fraction of sp³-hybridized carbons (Fsp3) is 0.875. The number of rotatable bonds is 7. The predicted octanol–water partition coefficient (Wildman–Crippen LogP) is 1.04. The second-order valence-corrected chi connectivity index (χ2v) is 6.42. The van der Waals surface area contributed by atoms with Crippen LogP contribution in [0.1, 0.15) is 38.5 Å². The Balaban J connectivity index is 1.54. The summed E-state index contributed by atoms with van der Waals surface area (Å²) in [5.41, 5.74) is 0. The van der Waals surface area contributed by atoms with Gasteiger partial charge in [-0.05, 0) is 52.9 Å². The molecule has 0 radical (unpaired) electrons. The van der Waals surface area contributed by atoms with Gasteiger partial charge in [0.2, 0.25) is 0 Å². The van der Waals surface area contributed by atoms with Gasteiger partial charge in [0.05, 0.1) is 12.8 Å². The summed E-state index contributed by atoms with van der Waals surface area (Å²) in [5.74, 6) is -0.620. The standard InChI is InChI=1S/C16H28N2O4/c1-17-9-3-5-13(17)11-21-15(19)7-8-16(20)22-12-14-6-4-10-18(14)2/h13-14H,3-12H2,1-2H3/t13-,14-/m0/s1. The first kappa shape index (κ1) is 17.2. The highest BCUT2D eigenvalue weighted by Crippen LogP contribution is 2.16. The van der Waals surface area contributed by atoms with Crippen LogP contribution in [0.25, 0.3) is 0 Å². The maximum atomic E-state index is 11.7. The zero-order valence-electron chi connectivity index (χ0n) is 13.8. The van der Waals surface area contributed by atoms with E-state index in [-0.39, 0.29) is 24.8 Å². The van der Waals surface area contributed by atoms with Gasteiger partial charge in [0, 0.05) is 12.1 Å². The summed E-state index contributed by atoms with van der Waals surface area (Å²) in [7, 11) is 4.09. The van der Waals surface area contributed by atoms with Crippen LogP contribution in [0.3, 0.4) is 0 Å². The van der Waals surface area contributed by atoms with Crippen molar-refractivity contribution in [1.82, 2.24) is 9.80 Å². The Kier molecular flexibility index (Phi) is 6.64. The predicted molar refractivity (Wildman–Crippen MR) is 82.5 cm³/mol. The van der Waals surface area contributed by atoms with E-state index in [9.17, 15) is 9.59 Å². The summed E-state index contributed by atoms with van der Waals surface area (Å²) in [6, 6.07) is 0.655. The highest BCUT2D eigenvalue weighted by molar-refractivity contribution is 5.77. The van der Waals surface area contributed by atoms with Crippen LogP contribution in [-0.4, -0.2) is 74.2 Å². The van der Waals surface area contributed by atoms with Crippen LogP contribution in [0.4, 0.5) is 0 Å². The molecule has 0 spiro atoms. The number of ether oxygens (including phenoxy) is 2. The normalized spacial score (nSPS) is 26.3. The summed E-state index contributed by atoms with van der Waals surface area (Å²) in [6.07, 6.45) is 4.66. The molecule has 0 aromatic carbocycles. The largest absolute Gasteiger partial charge is 0.464 e. The van der Waals surface area contributed by atoms with Crippen LogP contribution < -0.4 is 0 Å². The van der Waals surface area contributed by atoms with Gasteiger partial charge in [-0.25, -0.2) is 0 Å². The average molecular weight is 312 g/mol. The van der Waals surface area contributed by atoms with E-state index in [2.05, 4.69) is 9.80 Å². The lowest BCUT2D eigenvalue weighted by atomic mass is 10.2. The number of hydrogen-bond donors (Lipinski definition) is 0. The summed E-state index contributed by atoms with van der Waals surface area (Å²) < 4.78 is 10.5. The van der Waals surface area contributed by atoms with Gasteiger partial charge in [-0.15, -0.1) is 0 Å². The molecule has 0 amide bonds. The van der Waals surface area contributed by atoms with E-state index in [4.69, 9.17) is 9.47 Å². The molecular formula is C16H28N2O4. The van der Waals surface area contributed by atoms with E-state index in [1.165, 1.54) is 0 Å². The van der Waals surface area contributed by atoms with Crippen molar-refractivity contribution in [2.24, 2.45) is 0 Å². The third kappa shape index (κ3) is 5.25. The van der Waals surface area contributed by atoms with Crippen LogP contribution in [0.2, 0.25) is 0 Å². The van der Waals surface area contributed by atoms with Crippen LogP contribution in [0, 0.1) is 0 Å². The van der Waals surface area contributed by atoms with Crippen molar-refractivity contribution in [2.75, 3.05) is 40.4 Å². The van der Waals surface area contributed by atoms with Gasteiger partial charge >= 0.3 is 11.9 Å². The fourth-order valence-electron chi connectivity index (χ4n) is 3.11. The second kappa shape index (κ2) is 8.48. The Bertz CT molecular complexity index is 352. The molecule has 0 N–H and O–H groups in total. The number of likely N-dealkylation sites (N-methyl/N-ethyl adjacent to an activating group) is 2. The maximum Gasteiger partial charge on any atom is 0.306 e. The van der Waals surface area contributed by atoms with Crippen molar-refractivity contribution in [1.29, 1.82) is 0 Å². The number of carbonyl (C=O) groups is 2. The third-order valence-electron chi connectivity index (χ3n) is 4.75. The summed E-state index contributed by atoms with van der Waals surface area (Å²) in [6.45, 7) is 2.98. The average Bonchev–Trinajstić information content (AvgIpc) is 3.09. The number of carbonyl (C=O) groups excluding carboxylic acids is 2. The lowest BCUT2D eigenvalue weighted by Crippen LogP contribution is -2.31. The Morgan fingerprint density at radius 1 is 0.864 bits per heavy atom. The zero-order chi connectivity index (χ0) is 15.9. The first-order valence-electron chi connectivity index (χ1n) is 8.28. The van der Waals surface area contributed by atoms with Crippen molar-refractivity contribution in [3.05, 3.63) is 0 Å². The van der Waals surface area contributed by atoms with E-state index in [0.717, 1.165) is 38.8 Å². The summed E-state index contributed by atoms with van der Waals surface area (Å²) in [4.78, 5) is 27.7. The fourth-order valence-corrected chi connectivity index (χ4v) is 3.11. The molecule has 22 heavy (non-hydrogen) atoms. The molecule has 0 unspecified atom stereocenters. The van der Waals surface area contributed by atoms with E-state index in [1.54, 1.807) is 0 Å². The molecule has 6 nitrogen and oxygen atoms in total. The molecule has 2 aliphatic heterocycles. The molecular weight excluding hydrogens is 284 g/mol. The van der Waals surface area contributed by atoms with Gasteiger partial charge in [-0.3, -0.25) is 9.59 Å². The van der Waals surface area contributed by atoms with Crippen molar-refractivity contribution in [3.8, 4) is 0 Å². The Hall–Kier alpha value is -1.14. The molecule has 2 fully saturated rings. The van der Waals surface area contributed by atoms with Gasteiger partial charge in [-0.1, -0.05) is 0 Å². The molecule has 126 valence electrons. The zero-order valence-corrected chi connectivity index (χ0v) is 13.8. The number of nitrogens with zero attached hydrogens (tertiary/aromatic N) is 2. The number of hydrogen-bond acceptors (Lipinski definition) is 6. The quantitative estimate of drug-likeness (QED) is 0.655. The van der Waals surface area contributed by atoms with Gasteiger partial charge in [0.1, 0.15) is 13.2 Å². The van der Waals surface area contributed by atoms with Crippen LogP contribution in [0.15, 0.2) is 0 Å². The minimum Gasteiger partial charge on any atom is -0.464 e. The molecule has 2 aliphatic rings. The first-order valence-corrected chi connectivity index (χ1v) is 8.28. The highest BCUT2D eigenvalue weighted by Gasteiger charge is 2.23. The minimum absolute atomic E-state index is 0.107. The van der Waals surface area contributed by atoms with E-state index in [1.807, 2.05) is 14.1 Å². The Labute approximate surface area is 132 Å². The number of likely N-dealkylation sites (tertiary alicyclic amines) is 2. The molecule has 6 heteroatoms. The van der Waals surface area contributed by atoms with E-state index in [0.29, 0.717) is 25.3 Å². The van der Waals surface area contributed by atoms with Gasteiger partial charge in [0.25, 0.3) is 0 Å². The van der Waals surface area contributed by atoms with Crippen LogP contribution in [-0.2, 0) is 19.1 Å². The molecule has 0 aromatic heterocycles. The van der Waals surface area contributed by atoms with Crippen molar-refractivity contribution >= 4 is 11.9 Å². The topological polar surface area (TPSA) is 59.1 Å². The molecule has 0 bridgehead atoms. The first-order chi connectivity index (χ1) is 10.6. The Morgan fingerprint density at radius 3 is 1.59 bits per heavy atom. The van der Waals surface area contributed by atoms with Gasteiger partial charge < -0.3 is 19.3 Å². The summed E-state index contributed by atoms with van der Waals surface area (Å²) in [5, 5.41) is 0. The molecule has 2 rings (SSSR count). The Morgan fingerprint density at radius 2 is 1.27 bits per heavy atom. The SMILES string of the molecule is CN1CCC[C@H]1COC(=O)CCC(=O)OC[C@@H]1CCCN1C. The highest BCUT2D eigenvalue weighted by atomic mass is 16.5. The van der Waals surface area contributed by atoms with Crippen molar-refractivity contribution in [3.63, 3.8) is 0 Å². The molecule has 2 saturated heterocycles. The van der Waals surface area contributed by atoms with Gasteiger partial charge in [0.15, 0.2) is 0 Å². The van der Waals surface area contributed by atoms with E-state index >= 15 is 0 Å². The molecule has 2 heterocycles. The summed E-state index contributed by atoms with van der Waals surface area (Å²) >= 11 is 0. The van der Waals surface area contributed by atoms with Crippen LogP contribution >= 0.6 is 0 Å². The lowest BCUT2D eigenvalue weighted by Gasteiger charge is -2.19. The molecule has 0 aromatic rings. The van der Waals surface area contributed by atoms with E-state index < -0.39 is 0 Å². The third-order valence-corrected chi connectivity index (χ3v) is 4.75. The maximum absolute atomic E-state index is 11.7. The number of esters is 2. The molecule has 0 aliphatic carbocycles. The van der Waals surface area contributed by atoms with Crippen molar-refractivity contribution < 1.29 is 19.1 Å². The minimum atomic E-state index is -0.310. The molecule has 2 atom stereocenters. The lowest BCUT2D eigenvalue weighted by molar-refractivity contribution is -0.151. The van der Waals surface area contributed by atoms with Crippen molar-refractivity contribution in [2.45, 2.75) is 50.6 Å². The van der Waals surface area contributed by atoms with Gasteiger partial charge in [-0.2, -0.15) is 0 Å². The molecule has 0 saturated carbocycles. The monoisotopic (exact) mass is 312 g/mol. The smallest absolute Gasteiger partial charge is 0.306 e. The van der Waals surface area contributed by atoms with Crippen LogP contribution in [0.5, 0.6) is 0 Å².